The number of nitrogens with zero attached hydrogens (tertiary/aromatic N) is 2. The van der Waals surface area contributed by atoms with Crippen LogP contribution in [0.1, 0.15) is 33.1 Å². The maximum atomic E-state index is 9.50. The van der Waals surface area contributed by atoms with Crippen molar-refractivity contribution >= 4 is 0 Å². The van der Waals surface area contributed by atoms with Crippen LogP contribution in [-0.4, -0.2) is 60.8 Å². The molecule has 3 heteroatoms. The first-order valence-corrected chi connectivity index (χ1v) is 6.61. The predicted molar refractivity (Wildman–Crippen MR) is 68.6 cm³/mol. The molecule has 16 heavy (non-hydrogen) atoms. The second-order valence-corrected chi connectivity index (χ2v) is 5.47. The first-order chi connectivity index (χ1) is 7.54. The maximum absolute atomic E-state index is 9.50. The molecule has 0 aromatic heterocycles. The van der Waals surface area contributed by atoms with Crippen LogP contribution in [0.15, 0.2) is 0 Å². The molecule has 1 N–H and O–H groups in total. The van der Waals surface area contributed by atoms with Gasteiger partial charge in [-0.3, -0.25) is 0 Å². The summed E-state index contributed by atoms with van der Waals surface area (Å²) in [4.78, 5) is 4.88. The number of hydrogen-bond acceptors (Lipinski definition) is 3. The van der Waals surface area contributed by atoms with Crippen molar-refractivity contribution in [2.24, 2.45) is 5.92 Å². The smallest absolute Gasteiger partial charge is 0.0538 e. The molecule has 96 valence electrons. The third-order valence-corrected chi connectivity index (χ3v) is 3.79. The van der Waals surface area contributed by atoms with E-state index >= 15 is 0 Å². The van der Waals surface area contributed by atoms with Gasteiger partial charge in [-0.2, -0.15) is 0 Å². The molecule has 3 nitrogen and oxygen atoms in total. The Morgan fingerprint density at radius 2 is 2.06 bits per heavy atom. The van der Waals surface area contributed by atoms with Crippen LogP contribution in [0.4, 0.5) is 0 Å². The second-order valence-electron chi connectivity index (χ2n) is 5.47. The summed E-state index contributed by atoms with van der Waals surface area (Å²) in [5, 5.41) is 9.50. The fraction of sp³-hybridized carbons (Fsp3) is 1.00. The summed E-state index contributed by atoms with van der Waals surface area (Å²) in [5.74, 6) is 0.770. The zero-order chi connectivity index (χ0) is 12.1. The molecule has 3 unspecified atom stereocenters. The molecular formula is C13H28N2O. The van der Waals surface area contributed by atoms with E-state index in [4.69, 9.17) is 0 Å². The van der Waals surface area contributed by atoms with Gasteiger partial charge in [-0.25, -0.2) is 0 Å². The number of aliphatic hydroxyl groups is 1. The molecule has 0 spiro atoms. The van der Waals surface area contributed by atoms with Gasteiger partial charge in [0, 0.05) is 19.1 Å². The Hall–Kier alpha value is -0.120. The Balaban J connectivity index is 2.20. The average Bonchev–Trinajstić information content (AvgIpc) is 2.59. The van der Waals surface area contributed by atoms with Crippen molar-refractivity contribution in [3.8, 4) is 0 Å². The van der Waals surface area contributed by atoms with E-state index in [1.54, 1.807) is 0 Å². The molecule has 0 aliphatic carbocycles. The average molecular weight is 228 g/mol. The molecule has 1 aliphatic heterocycles. The molecule has 1 saturated heterocycles. The minimum Gasteiger partial charge on any atom is -0.393 e. The third-order valence-electron chi connectivity index (χ3n) is 3.79. The van der Waals surface area contributed by atoms with Gasteiger partial charge in [0.05, 0.1) is 6.10 Å². The minimum atomic E-state index is -0.0929. The normalized spacial score (nSPS) is 28.9. The van der Waals surface area contributed by atoms with E-state index in [1.165, 1.54) is 13.1 Å². The summed E-state index contributed by atoms with van der Waals surface area (Å²) in [6, 6.07) is 0.705. The summed E-state index contributed by atoms with van der Waals surface area (Å²) in [5.41, 5.74) is 0. The van der Waals surface area contributed by atoms with Gasteiger partial charge in [-0.15, -0.1) is 0 Å². The maximum Gasteiger partial charge on any atom is 0.0538 e. The standard InChI is InChI=1S/C13H28N2O/c1-5-12(16)7-6-8-15-9-11(2)13(10-15)14(3)4/h11-13,16H,5-10H2,1-4H3. The largest absolute Gasteiger partial charge is 0.393 e. The first kappa shape index (κ1) is 13.9. The lowest BCUT2D eigenvalue weighted by molar-refractivity contribution is 0.151. The highest BCUT2D eigenvalue weighted by atomic mass is 16.3. The van der Waals surface area contributed by atoms with Crippen molar-refractivity contribution < 1.29 is 5.11 Å². The predicted octanol–water partition coefficient (Wildman–Crippen LogP) is 1.42. The van der Waals surface area contributed by atoms with Crippen LogP contribution in [0.5, 0.6) is 0 Å². The Morgan fingerprint density at radius 3 is 2.56 bits per heavy atom. The quantitative estimate of drug-likeness (QED) is 0.745. The molecule has 1 aliphatic rings. The van der Waals surface area contributed by atoms with Gasteiger partial charge in [0.15, 0.2) is 0 Å². The van der Waals surface area contributed by atoms with Gasteiger partial charge >= 0.3 is 0 Å². The van der Waals surface area contributed by atoms with Crippen LogP contribution < -0.4 is 0 Å². The van der Waals surface area contributed by atoms with Crippen molar-refractivity contribution in [3.63, 3.8) is 0 Å². The zero-order valence-corrected chi connectivity index (χ0v) is 11.3. The van der Waals surface area contributed by atoms with E-state index in [0.29, 0.717) is 6.04 Å². The van der Waals surface area contributed by atoms with Crippen molar-refractivity contribution in [2.45, 2.75) is 45.3 Å². The zero-order valence-electron chi connectivity index (χ0n) is 11.3. The molecule has 0 amide bonds. The van der Waals surface area contributed by atoms with Gasteiger partial charge in [0.2, 0.25) is 0 Å². The van der Waals surface area contributed by atoms with Crippen LogP contribution in [0.3, 0.4) is 0 Å². The summed E-state index contributed by atoms with van der Waals surface area (Å²) in [6.07, 6.45) is 2.87. The highest BCUT2D eigenvalue weighted by molar-refractivity contribution is 4.86. The highest BCUT2D eigenvalue weighted by Gasteiger charge is 2.30. The third kappa shape index (κ3) is 4.04. The fourth-order valence-corrected chi connectivity index (χ4v) is 2.66. The molecule has 0 saturated carbocycles. The van der Waals surface area contributed by atoms with Crippen LogP contribution in [-0.2, 0) is 0 Å². The van der Waals surface area contributed by atoms with Crippen LogP contribution in [0, 0.1) is 5.92 Å². The van der Waals surface area contributed by atoms with Crippen molar-refractivity contribution in [1.82, 2.24) is 9.80 Å². The van der Waals surface area contributed by atoms with Gasteiger partial charge in [-0.1, -0.05) is 13.8 Å². The Labute approximate surface area is 100 Å². The lowest BCUT2D eigenvalue weighted by Gasteiger charge is -2.22. The summed E-state index contributed by atoms with van der Waals surface area (Å²) in [6.45, 7) is 7.93. The Bertz CT molecular complexity index is 196. The lowest BCUT2D eigenvalue weighted by Crippen LogP contribution is -2.34. The Morgan fingerprint density at radius 1 is 1.38 bits per heavy atom. The topological polar surface area (TPSA) is 26.7 Å². The molecule has 1 heterocycles. The van der Waals surface area contributed by atoms with Crippen LogP contribution in [0.2, 0.25) is 0 Å². The van der Waals surface area contributed by atoms with Gasteiger partial charge in [0.25, 0.3) is 0 Å². The summed E-state index contributed by atoms with van der Waals surface area (Å²) < 4.78 is 0. The van der Waals surface area contributed by atoms with E-state index in [2.05, 4.69) is 30.8 Å². The van der Waals surface area contributed by atoms with Gasteiger partial charge < -0.3 is 14.9 Å². The molecule has 1 fully saturated rings. The second kappa shape index (κ2) is 6.58. The summed E-state index contributed by atoms with van der Waals surface area (Å²) in [7, 11) is 4.34. The molecule has 0 aromatic carbocycles. The molecule has 0 aromatic rings. The summed E-state index contributed by atoms with van der Waals surface area (Å²) >= 11 is 0. The fourth-order valence-electron chi connectivity index (χ4n) is 2.66. The molecule has 1 rings (SSSR count). The molecule has 0 bridgehead atoms. The number of likely N-dealkylation sites (N-methyl/N-ethyl adjacent to an activating group) is 1. The van der Waals surface area contributed by atoms with Gasteiger partial charge in [0.1, 0.15) is 0 Å². The Kier molecular flexibility index (Phi) is 5.73. The van der Waals surface area contributed by atoms with Gasteiger partial charge in [-0.05, 0) is 45.8 Å². The number of rotatable bonds is 6. The number of likely N-dealkylation sites (tertiary alicyclic amines) is 1. The van der Waals surface area contributed by atoms with E-state index in [-0.39, 0.29) is 6.10 Å². The first-order valence-electron chi connectivity index (χ1n) is 6.61. The number of aliphatic hydroxyl groups excluding tert-OH is 1. The molecular weight excluding hydrogens is 200 g/mol. The number of hydrogen-bond donors (Lipinski definition) is 1. The van der Waals surface area contributed by atoms with E-state index in [0.717, 1.165) is 31.7 Å². The van der Waals surface area contributed by atoms with Crippen LogP contribution >= 0.6 is 0 Å². The van der Waals surface area contributed by atoms with Crippen molar-refractivity contribution in [1.29, 1.82) is 0 Å². The van der Waals surface area contributed by atoms with E-state index in [9.17, 15) is 5.11 Å². The molecule has 3 atom stereocenters. The van der Waals surface area contributed by atoms with Crippen molar-refractivity contribution in [2.75, 3.05) is 33.7 Å². The van der Waals surface area contributed by atoms with Crippen LogP contribution in [0.25, 0.3) is 0 Å². The highest BCUT2D eigenvalue weighted by Crippen LogP contribution is 2.20. The monoisotopic (exact) mass is 228 g/mol. The SMILES string of the molecule is CCC(O)CCCN1CC(C)C(N(C)C)C1. The van der Waals surface area contributed by atoms with E-state index < -0.39 is 0 Å². The minimum absolute atomic E-state index is 0.0929. The van der Waals surface area contributed by atoms with E-state index in [1.807, 2.05) is 6.92 Å². The lowest BCUT2D eigenvalue weighted by atomic mass is 10.1. The molecule has 0 radical (unpaired) electrons. The van der Waals surface area contributed by atoms with Crippen molar-refractivity contribution in [3.05, 3.63) is 0 Å².